The summed E-state index contributed by atoms with van der Waals surface area (Å²) in [4.78, 5) is 15.0. The molecular formula is C21H33N3O2. The van der Waals surface area contributed by atoms with Gasteiger partial charge in [-0.2, -0.15) is 0 Å². The highest BCUT2D eigenvalue weighted by atomic mass is 16.5. The second kappa shape index (κ2) is 10.0. The third kappa shape index (κ3) is 5.53. The summed E-state index contributed by atoms with van der Waals surface area (Å²) in [7, 11) is 0. The molecule has 2 fully saturated rings. The molecular weight excluding hydrogens is 326 g/mol. The Morgan fingerprint density at radius 1 is 1.23 bits per heavy atom. The molecule has 2 aliphatic rings. The molecule has 2 aliphatic heterocycles. The van der Waals surface area contributed by atoms with E-state index >= 15 is 0 Å². The van der Waals surface area contributed by atoms with Crippen molar-refractivity contribution >= 4 is 5.91 Å². The van der Waals surface area contributed by atoms with E-state index in [1.807, 2.05) is 6.07 Å². The minimum atomic E-state index is 0.185. The number of rotatable bonds is 7. The summed E-state index contributed by atoms with van der Waals surface area (Å²) in [5.74, 6) is 1.31. The number of carbonyl (C=O) groups is 1. The van der Waals surface area contributed by atoms with E-state index in [0.29, 0.717) is 24.8 Å². The highest BCUT2D eigenvalue weighted by Gasteiger charge is 2.25. The quantitative estimate of drug-likeness (QED) is 0.784. The van der Waals surface area contributed by atoms with Gasteiger partial charge in [0.15, 0.2) is 0 Å². The van der Waals surface area contributed by atoms with Gasteiger partial charge in [0.25, 0.3) is 0 Å². The number of hydrogen-bond donors (Lipinski definition) is 2. The highest BCUT2D eigenvalue weighted by molar-refractivity contribution is 5.76. The first kappa shape index (κ1) is 19.3. The van der Waals surface area contributed by atoms with Gasteiger partial charge in [0.2, 0.25) is 5.91 Å². The van der Waals surface area contributed by atoms with Crippen LogP contribution < -0.4 is 10.6 Å². The molecule has 2 heterocycles. The second-order valence-corrected chi connectivity index (χ2v) is 7.65. The maximum Gasteiger partial charge on any atom is 0.220 e. The molecule has 3 rings (SSSR count). The van der Waals surface area contributed by atoms with E-state index in [1.165, 1.54) is 18.4 Å². The Bertz CT molecular complexity index is 539. The Morgan fingerprint density at radius 2 is 1.92 bits per heavy atom. The van der Waals surface area contributed by atoms with E-state index < -0.39 is 0 Å². The Kier molecular flexibility index (Phi) is 7.47. The fourth-order valence-corrected chi connectivity index (χ4v) is 4.18. The zero-order valence-corrected chi connectivity index (χ0v) is 16.0. The molecule has 2 atom stereocenters. The van der Waals surface area contributed by atoms with Crippen LogP contribution in [0.5, 0.6) is 0 Å². The van der Waals surface area contributed by atoms with Gasteiger partial charge < -0.3 is 15.4 Å². The van der Waals surface area contributed by atoms with Crippen molar-refractivity contribution in [3.63, 3.8) is 0 Å². The third-order valence-corrected chi connectivity index (χ3v) is 5.86. The Labute approximate surface area is 157 Å². The molecule has 5 heteroatoms. The zero-order valence-electron chi connectivity index (χ0n) is 16.0. The fourth-order valence-electron chi connectivity index (χ4n) is 4.18. The lowest BCUT2D eigenvalue weighted by Crippen LogP contribution is -2.44. The van der Waals surface area contributed by atoms with Crippen molar-refractivity contribution in [1.29, 1.82) is 0 Å². The molecule has 5 nitrogen and oxygen atoms in total. The zero-order chi connectivity index (χ0) is 18.2. The molecule has 1 amide bonds. The van der Waals surface area contributed by atoms with Gasteiger partial charge in [-0.3, -0.25) is 9.69 Å². The smallest absolute Gasteiger partial charge is 0.220 e. The molecule has 0 bridgehead atoms. The van der Waals surface area contributed by atoms with Crippen molar-refractivity contribution in [3.8, 4) is 0 Å². The third-order valence-electron chi connectivity index (χ3n) is 5.86. The summed E-state index contributed by atoms with van der Waals surface area (Å²) in [6.07, 6.45) is 3.01. The average Bonchev–Trinajstić information content (AvgIpc) is 2.70. The van der Waals surface area contributed by atoms with Crippen molar-refractivity contribution in [2.45, 2.75) is 32.2 Å². The number of nitrogens with one attached hydrogen (secondary N) is 2. The predicted molar refractivity (Wildman–Crippen MR) is 104 cm³/mol. The molecule has 1 aromatic carbocycles. The predicted octanol–water partition coefficient (Wildman–Crippen LogP) is 2.20. The molecule has 2 saturated heterocycles. The van der Waals surface area contributed by atoms with E-state index in [0.717, 1.165) is 39.4 Å². The van der Waals surface area contributed by atoms with Crippen LogP contribution in [0.1, 0.15) is 37.8 Å². The number of carbonyl (C=O) groups excluding carboxylic acids is 1. The normalized spacial score (nSPS) is 21.9. The highest BCUT2D eigenvalue weighted by Crippen LogP contribution is 2.25. The summed E-state index contributed by atoms with van der Waals surface area (Å²) in [5, 5.41) is 6.61. The summed E-state index contributed by atoms with van der Waals surface area (Å²) in [5.41, 5.74) is 1.26. The summed E-state index contributed by atoms with van der Waals surface area (Å²) < 4.78 is 5.50. The minimum absolute atomic E-state index is 0.185. The summed E-state index contributed by atoms with van der Waals surface area (Å²) >= 11 is 0. The first-order valence-corrected chi connectivity index (χ1v) is 10.1. The molecule has 144 valence electrons. The van der Waals surface area contributed by atoms with Crippen molar-refractivity contribution in [3.05, 3.63) is 35.9 Å². The van der Waals surface area contributed by atoms with Crippen molar-refractivity contribution < 1.29 is 9.53 Å². The van der Waals surface area contributed by atoms with E-state index in [1.54, 1.807) is 0 Å². The van der Waals surface area contributed by atoms with E-state index in [4.69, 9.17) is 4.74 Å². The fraction of sp³-hybridized carbons (Fsp3) is 0.667. The van der Waals surface area contributed by atoms with Crippen molar-refractivity contribution in [2.24, 2.45) is 11.8 Å². The van der Waals surface area contributed by atoms with E-state index in [2.05, 4.69) is 46.7 Å². The number of morpholine rings is 1. The van der Waals surface area contributed by atoms with Crippen LogP contribution in [0.2, 0.25) is 0 Å². The number of ether oxygens (including phenoxy) is 1. The molecule has 0 aliphatic carbocycles. The lowest BCUT2D eigenvalue weighted by atomic mass is 9.84. The van der Waals surface area contributed by atoms with Gasteiger partial charge in [-0.25, -0.2) is 0 Å². The molecule has 0 spiro atoms. The van der Waals surface area contributed by atoms with Crippen molar-refractivity contribution in [1.82, 2.24) is 15.5 Å². The van der Waals surface area contributed by atoms with Crippen LogP contribution in [0, 0.1) is 11.8 Å². The average molecular weight is 360 g/mol. The number of piperidine rings is 1. The maximum absolute atomic E-state index is 12.5. The molecule has 0 aromatic heterocycles. The van der Waals surface area contributed by atoms with Crippen LogP contribution >= 0.6 is 0 Å². The first-order valence-electron chi connectivity index (χ1n) is 10.1. The van der Waals surface area contributed by atoms with Crippen LogP contribution in [-0.4, -0.2) is 56.7 Å². The lowest BCUT2D eigenvalue weighted by molar-refractivity contribution is -0.122. The van der Waals surface area contributed by atoms with Gasteiger partial charge in [-0.05, 0) is 43.3 Å². The van der Waals surface area contributed by atoms with Crippen molar-refractivity contribution in [2.75, 3.05) is 45.9 Å². The lowest BCUT2D eigenvalue weighted by Gasteiger charge is -2.35. The molecule has 0 saturated carbocycles. The number of nitrogens with zero attached hydrogens (tertiary/aromatic N) is 1. The number of hydrogen-bond acceptors (Lipinski definition) is 4. The van der Waals surface area contributed by atoms with Gasteiger partial charge in [-0.15, -0.1) is 0 Å². The molecule has 2 N–H and O–H groups in total. The van der Waals surface area contributed by atoms with Crippen LogP contribution in [0.4, 0.5) is 0 Å². The largest absolute Gasteiger partial charge is 0.379 e. The Morgan fingerprint density at radius 3 is 2.62 bits per heavy atom. The van der Waals surface area contributed by atoms with Crippen LogP contribution in [-0.2, 0) is 9.53 Å². The summed E-state index contributed by atoms with van der Waals surface area (Å²) in [6.45, 7) is 8.44. The van der Waals surface area contributed by atoms with Gasteiger partial charge in [-0.1, -0.05) is 37.3 Å². The topological polar surface area (TPSA) is 53.6 Å². The first-order chi connectivity index (χ1) is 12.7. The Hall–Kier alpha value is -1.43. The molecule has 0 radical (unpaired) electrons. The van der Waals surface area contributed by atoms with Crippen LogP contribution in [0.15, 0.2) is 30.3 Å². The number of benzene rings is 1. The van der Waals surface area contributed by atoms with Gasteiger partial charge in [0.1, 0.15) is 0 Å². The number of amides is 1. The standard InChI is InChI=1S/C21H33N3O2/c1-17(18-7-9-22-10-8-18)15-21(25)23-16-20(19-5-3-2-4-6-19)24-11-13-26-14-12-24/h2-6,17-18,20,22H,7-16H2,1H3,(H,23,25). The minimum Gasteiger partial charge on any atom is -0.379 e. The molecule has 2 unspecified atom stereocenters. The SMILES string of the molecule is CC(CC(=O)NCC(c1ccccc1)N1CCOCC1)C1CCNCC1. The molecule has 1 aromatic rings. The van der Waals surface area contributed by atoms with E-state index in [-0.39, 0.29) is 11.9 Å². The van der Waals surface area contributed by atoms with Crippen LogP contribution in [0.25, 0.3) is 0 Å². The summed E-state index contributed by atoms with van der Waals surface area (Å²) in [6, 6.07) is 10.7. The second-order valence-electron chi connectivity index (χ2n) is 7.65. The Balaban J connectivity index is 1.54. The van der Waals surface area contributed by atoms with Gasteiger partial charge in [0, 0.05) is 26.1 Å². The van der Waals surface area contributed by atoms with E-state index in [9.17, 15) is 4.79 Å². The molecule has 26 heavy (non-hydrogen) atoms. The van der Waals surface area contributed by atoms with Gasteiger partial charge >= 0.3 is 0 Å². The van der Waals surface area contributed by atoms with Gasteiger partial charge in [0.05, 0.1) is 19.3 Å². The van der Waals surface area contributed by atoms with Crippen LogP contribution in [0.3, 0.4) is 0 Å². The maximum atomic E-state index is 12.5. The monoisotopic (exact) mass is 359 g/mol.